The number of hydrogen-bond donors (Lipinski definition) is 1. The van der Waals surface area contributed by atoms with E-state index in [1.807, 2.05) is 0 Å². The van der Waals surface area contributed by atoms with Gasteiger partial charge in [-0.15, -0.1) is 24.8 Å². The molecule has 0 saturated heterocycles. The maximum absolute atomic E-state index is 12.0. The summed E-state index contributed by atoms with van der Waals surface area (Å²) in [5.41, 5.74) is -0.273. The number of carboxylic acids is 1. The van der Waals surface area contributed by atoms with Crippen LogP contribution in [0.15, 0.2) is 18.2 Å². The maximum Gasteiger partial charge on any atom is 0.573 e. The summed E-state index contributed by atoms with van der Waals surface area (Å²) in [6.45, 7) is 0. The number of rotatable bonds is 2. The highest BCUT2D eigenvalue weighted by atomic mass is 35.5. The Morgan fingerprint density at radius 1 is 1.39 bits per heavy atom. The first-order valence-electron chi connectivity index (χ1n) is 4.51. The molecule has 18 heavy (non-hydrogen) atoms. The van der Waals surface area contributed by atoms with Crippen molar-refractivity contribution >= 4 is 17.6 Å². The summed E-state index contributed by atoms with van der Waals surface area (Å²) in [6.07, 6.45) is -4.89. The average Bonchev–Trinajstić information content (AvgIpc) is 2.23. The largest absolute Gasteiger partial charge is 0.573 e. The SMILES string of the molecule is O=C(O)c1cc(C#CCCl)cc(OC(F)(F)F)c1. The molecule has 0 aliphatic carbocycles. The van der Waals surface area contributed by atoms with Gasteiger partial charge in [-0.05, 0) is 18.2 Å². The Morgan fingerprint density at radius 3 is 2.56 bits per heavy atom. The highest BCUT2D eigenvalue weighted by molar-refractivity contribution is 6.19. The smallest absolute Gasteiger partial charge is 0.478 e. The van der Waals surface area contributed by atoms with E-state index in [0.29, 0.717) is 0 Å². The van der Waals surface area contributed by atoms with Crippen molar-refractivity contribution in [3.63, 3.8) is 0 Å². The van der Waals surface area contributed by atoms with E-state index in [0.717, 1.165) is 18.2 Å². The molecule has 0 radical (unpaired) electrons. The highest BCUT2D eigenvalue weighted by Gasteiger charge is 2.31. The van der Waals surface area contributed by atoms with Crippen LogP contribution < -0.4 is 4.74 Å². The van der Waals surface area contributed by atoms with Crippen molar-refractivity contribution in [1.29, 1.82) is 0 Å². The van der Waals surface area contributed by atoms with Crippen molar-refractivity contribution in [1.82, 2.24) is 0 Å². The van der Waals surface area contributed by atoms with Gasteiger partial charge in [0, 0.05) is 5.56 Å². The second kappa shape index (κ2) is 5.65. The van der Waals surface area contributed by atoms with Gasteiger partial charge in [0.05, 0.1) is 11.4 Å². The van der Waals surface area contributed by atoms with Gasteiger partial charge in [0.25, 0.3) is 0 Å². The first-order valence-corrected chi connectivity index (χ1v) is 5.04. The Hall–Kier alpha value is -1.87. The lowest BCUT2D eigenvalue weighted by molar-refractivity contribution is -0.274. The van der Waals surface area contributed by atoms with Crippen LogP contribution in [-0.2, 0) is 0 Å². The monoisotopic (exact) mass is 278 g/mol. The molecule has 1 aromatic carbocycles. The molecule has 1 rings (SSSR count). The van der Waals surface area contributed by atoms with Crippen molar-refractivity contribution < 1.29 is 27.8 Å². The van der Waals surface area contributed by atoms with Crippen molar-refractivity contribution in [2.75, 3.05) is 5.88 Å². The number of carbonyl (C=O) groups is 1. The number of hydrogen-bond acceptors (Lipinski definition) is 2. The quantitative estimate of drug-likeness (QED) is 0.668. The summed E-state index contributed by atoms with van der Waals surface area (Å²) in [6, 6.07) is 2.88. The van der Waals surface area contributed by atoms with Crippen LogP contribution in [0.2, 0.25) is 0 Å². The van der Waals surface area contributed by atoms with Crippen LogP contribution in [0.4, 0.5) is 13.2 Å². The van der Waals surface area contributed by atoms with Gasteiger partial charge in [-0.25, -0.2) is 4.79 Å². The molecule has 0 amide bonds. The minimum Gasteiger partial charge on any atom is -0.478 e. The Labute approximate surface area is 105 Å². The van der Waals surface area contributed by atoms with E-state index in [-0.39, 0.29) is 17.0 Å². The first-order chi connectivity index (χ1) is 8.31. The molecule has 0 aliphatic rings. The molecule has 0 aromatic heterocycles. The van der Waals surface area contributed by atoms with Gasteiger partial charge in [0.2, 0.25) is 0 Å². The molecule has 0 unspecified atom stereocenters. The van der Waals surface area contributed by atoms with Gasteiger partial charge in [-0.3, -0.25) is 0 Å². The standard InChI is InChI=1S/C11H6ClF3O3/c12-3-1-2-7-4-8(10(16)17)6-9(5-7)18-11(13,14)15/h4-6H,3H2,(H,16,17). The van der Waals surface area contributed by atoms with Crippen molar-refractivity contribution in [2.24, 2.45) is 0 Å². The zero-order chi connectivity index (χ0) is 13.8. The molecule has 0 heterocycles. The Kier molecular flexibility index (Phi) is 4.45. The van der Waals surface area contributed by atoms with Crippen LogP contribution in [0.25, 0.3) is 0 Å². The first kappa shape index (κ1) is 14.2. The molecule has 3 nitrogen and oxygen atoms in total. The highest BCUT2D eigenvalue weighted by Crippen LogP contribution is 2.25. The van der Waals surface area contributed by atoms with Gasteiger partial charge < -0.3 is 9.84 Å². The normalized spacial score (nSPS) is 10.4. The summed E-state index contributed by atoms with van der Waals surface area (Å²) >= 11 is 5.30. The Morgan fingerprint density at radius 2 is 2.06 bits per heavy atom. The van der Waals surface area contributed by atoms with Gasteiger partial charge in [-0.2, -0.15) is 0 Å². The van der Waals surface area contributed by atoms with Crippen LogP contribution in [0.1, 0.15) is 15.9 Å². The number of benzene rings is 1. The predicted molar refractivity (Wildman–Crippen MR) is 57.7 cm³/mol. The van der Waals surface area contributed by atoms with E-state index in [4.69, 9.17) is 16.7 Å². The lowest BCUT2D eigenvalue weighted by atomic mass is 10.1. The van der Waals surface area contributed by atoms with Gasteiger partial charge in [0.1, 0.15) is 5.75 Å². The van der Waals surface area contributed by atoms with Crippen LogP contribution in [0.3, 0.4) is 0 Å². The molecule has 96 valence electrons. The lowest BCUT2D eigenvalue weighted by Crippen LogP contribution is -2.17. The molecule has 0 saturated carbocycles. The van der Waals surface area contributed by atoms with Crippen LogP contribution in [-0.4, -0.2) is 23.3 Å². The molecular formula is C11H6ClF3O3. The van der Waals surface area contributed by atoms with Crippen LogP contribution in [0, 0.1) is 11.8 Å². The third-order valence-electron chi connectivity index (χ3n) is 1.69. The fourth-order valence-electron chi connectivity index (χ4n) is 1.12. The second-order valence-corrected chi connectivity index (χ2v) is 3.30. The van der Waals surface area contributed by atoms with Crippen molar-refractivity contribution in [3.8, 4) is 17.6 Å². The molecule has 0 atom stereocenters. The summed E-state index contributed by atoms with van der Waals surface area (Å²) in [5.74, 6) is 2.79. The van der Waals surface area contributed by atoms with E-state index in [1.54, 1.807) is 0 Å². The minimum atomic E-state index is -4.89. The summed E-state index contributed by atoms with van der Waals surface area (Å²) in [5, 5.41) is 8.75. The fraction of sp³-hybridized carbons (Fsp3) is 0.182. The third-order valence-corrected chi connectivity index (χ3v) is 1.82. The van der Waals surface area contributed by atoms with Crippen molar-refractivity contribution in [2.45, 2.75) is 6.36 Å². The van der Waals surface area contributed by atoms with E-state index in [9.17, 15) is 18.0 Å². The topological polar surface area (TPSA) is 46.5 Å². The van der Waals surface area contributed by atoms with E-state index < -0.39 is 18.1 Å². The molecule has 0 aliphatic heterocycles. The zero-order valence-corrected chi connectivity index (χ0v) is 9.47. The molecule has 1 aromatic rings. The number of ether oxygens (including phenoxy) is 1. The predicted octanol–water partition coefficient (Wildman–Crippen LogP) is 2.87. The molecule has 0 fully saturated rings. The molecule has 1 N–H and O–H groups in total. The number of carboxylic acid groups (broad SMARTS) is 1. The van der Waals surface area contributed by atoms with Gasteiger partial charge in [-0.1, -0.05) is 11.8 Å². The van der Waals surface area contributed by atoms with Crippen molar-refractivity contribution in [3.05, 3.63) is 29.3 Å². The summed E-state index contributed by atoms with van der Waals surface area (Å²) in [4.78, 5) is 10.7. The Balaban J connectivity index is 3.18. The second-order valence-electron chi connectivity index (χ2n) is 3.03. The van der Waals surface area contributed by atoms with E-state index in [2.05, 4.69) is 16.6 Å². The van der Waals surface area contributed by atoms with Crippen LogP contribution in [0.5, 0.6) is 5.75 Å². The van der Waals surface area contributed by atoms with Gasteiger partial charge in [0.15, 0.2) is 0 Å². The number of halogens is 4. The fourth-order valence-corrected chi connectivity index (χ4v) is 1.19. The maximum atomic E-state index is 12.0. The zero-order valence-electron chi connectivity index (χ0n) is 8.71. The number of aromatic carboxylic acids is 1. The molecule has 0 bridgehead atoms. The van der Waals surface area contributed by atoms with E-state index in [1.165, 1.54) is 0 Å². The van der Waals surface area contributed by atoms with Gasteiger partial charge >= 0.3 is 12.3 Å². The number of alkyl halides is 4. The van der Waals surface area contributed by atoms with Crippen LogP contribution >= 0.6 is 11.6 Å². The third kappa shape index (κ3) is 4.55. The molecule has 7 heteroatoms. The summed E-state index contributed by atoms with van der Waals surface area (Å²) < 4.78 is 39.7. The Bertz CT molecular complexity index is 514. The average molecular weight is 279 g/mol. The minimum absolute atomic E-state index is 0.0211. The molecule has 0 spiro atoms. The lowest BCUT2D eigenvalue weighted by Gasteiger charge is -2.09. The molecular weight excluding hydrogens is 273 g/mol. The summed E-state index contributed by atoms with van der Waals surface area (Å²) in [7, 11) is 0. The van der Waals surface area contributed by atoms with E-state index >= 15 is 0 Å².